The van der Waals surface area contributed by atoms with Crippen molar-refractivity contribution >= 4 is 23.3 Å². The van der Waals surface area contributed by atoms with E-state index in [4.69, 9.17) is 0 Å². The van der Waals surface area contributed by atoms with E-state index >= 15 is 0 Å². The molecule has 0 aliphatic carbocycles. The predicted molar refractivity (Wildman–Crippen MR) is 107 cm³/mol. The van der Waals surface area contributed by atoms with Crippen LogP contribution in [-0.4, -0.2) is 15.7 Å². The lowest BCUT2D eigenvalue weighted by Gasteiger charge is -2.08. The van der Waals surface area contributed by atoms with Gasteiger partial charge in [0.15, 0.2) is 0 Å². The molecule has 3 aromatic rings. The summed E-state index contributed by atoms with van der Waals surface area (Å²) < 4.78 is 2.00. The number of carbonyl (C=O) groups excluding carboxylic acids is 1. The Hall–Kier alpha value is -2.66. The van der Waals surface area contributed by atoms with E-state index in [1.165, 1.54) is 10.4 Å². The lowest BCUT2D eigenvalue weighted by atomic mass is 10.1. The highest BCUT2D eigenvalue weighted by molar-refractivity contribution is 7.12. The maximum atomic E-state index is 12.0. The van der Waals surface area contributed by atoms with Crippen molar-refractivity contribution in [2.24, 2.45) is 0 Å². The van der Waals surface area contributed by atoms with E-state index in [0.29, 0.717) is 6.54 Å². The first-order chi connectivity index (χ1) is 12.5. The van der Waals surface area contributed by atoms with Gasteiger partial charge in [-0.2, -0.15) is 5.10 Å². The minimum Gasteiger partial charge on any atom is -0.348 e. The third kappa shape index (κ3) is 4.92. The second-order valence-electron chi connectivity index (χ2n) is 6.40. The Balaban J connectivity index is 1.57. The van der Waals surface area contributed by atoms with E-state index in [2.05, 4.69) is 48.5 Å². The molecule has 3 rings (SSSR count). The second kappa shape index (κ2) is 8.15. The Labute approximate surface area is 158 Å². The molecule has 1 aromatic carbocycles. The van der Waals surface area contributed by atoms with Crippen molar-refractivity contribution in [1.29, 1.82) is 0 Å². The summed E-state index contributed by atoms with van der Waals surface area (Å²) in [5.41, 5.74) is 4.43. The largest absolute Gasteiger partial charge is 0.348 e. The highest BCUT2D eigenvalue weighted by Gasteiger charge is 2.04. The minimum atomic E-state index is -0.0833. The lowest BCUT2D eigenvalue weighted by Crippen LogP contribution is -2.20. The van der Waals surface area contributed by atoms with E-state index in [0.717, 1.165) is 28.4 Å². The molecule has 5 heteroatoms. The van der Waals surface area contributed by atoms with Crippen LogP contribution in [-0.2, 0) is 17.9 Å². The van der Waals surface area contributed by atoms with E-state index in [9.17, 15) is 4.79 Å². The summed E-state index contributed by atoms with van der Waals surface area (Å²) in [5, 5.41) is 7.44. The lowest BCUT2D eigenvalue weighted by molar-refractivity contribution is -0.116. The third-order valence-corrected chi connectivity index (χ3v) is 5.02. The quantitative estimate of drug-likeness (QED) is 0.664. The van der Waals surface area contributed by atoms with Crippen LogP contribution in [0.1, 0.15) is 32.3 Å². The number of aromatic nitrogens is 2. The molecule has 2 heterocycles. The maximum Gasteiger partial charge on any atom is 0.244 e. The molecule has 0 bridgehead atoms. The molecule has 1 amide bonds. The number of carbonyl (C=O) groups is 1. The van der Waals surface area contributed by atoms with Gasteiger partial charge in [0.1, 0.15) is 0 Å². The van der Waals surface area contributed by atoms with Gasteiger partial charge in [-0.3, -0.25) is 9.48 Å². The SMILES string of the molecule is Cc1cc(C)n(Cc2cccc(CNC(=O)C=Cc3ccc(C)s3)c2)n1. The van der Waals surface area contributed by atoms with Gasteiger partial charge in [0.25, 0.3) is 0 Å². The second-order valence-corrected chi connectivity index (χ2v) is 7.72. The van der Waals surface area contributed by atoms with Gasteiger partial charge >= 0.3 is 0 Å². The molecule has 1 N–H and O–H groups in total. The summed E-state index contributed by atoms with van der Waals surface area (Å²) in [6.45, 7) is 7.36. The van der Waals surface area contributed by atoms with Gasteiger partial charge in [-0.05, 0) is 56.2 Å². The molecule has 0 radical (unpaired) electrons. The number of hydrogen-bond donors (Lipinski definition) is 1. The zero-order valence-electron chi connectivity index (χ0n) is 15.3. The molecule has 0 aliphatic heterocycles. The average molecular weight is 366 g/mol. The van der Waals surface area contributed by atoms with Crippen molar-refractivity contribution in [2.45, 2.75) is 33.9 Å². The summed E-state index contributed by atoms with van der Waals surface area (Å²) >= 11 is 1.67. The fourth-order valence-electron chi connectivity index (χ4n) is 2.79. The monoisotopic (exact) mass is 365 g/mol. The van der Waals surface area contributed by atoms with Gasteiger partial charge in [-0.25, -0.2) is 0 Å². The molecule has 0 spiro atoms. The predicted octanol–water partition coefficient (Wildman–Crippen LogP) is 4.25. The topological polar surface area (TPSA) is 46.9 Å². The van der Waals surface area contributed by atoms with Gasteiger partial charge in [-0.15, -0.1) is 11.3 Å². The highest BCUT2D eigenvalue weighted by atomic mass is 32.1. The fourth-order valence-corrected chi connectivity index (χ4v) is 3.57. The third-order valence-electron chi connectivity index (χ3n) is 4.05. The molecule has 0 fully saturated rings. The van der Waals surface area contributed by atoms with Crippen LogP contribution in [0, 0.1) is 20.8 Å². The van der Waals surface area contributed by atoms with Crippen LogP contribution in [0.25, 0.3) is 6.08 Å². The number of amides is 1. The van der Waals surface area contributed by atoms with E-state index < -0.39 is 0 Å². The van der Waals surface area contributed by atoms with E-state index in [-0.39, 0.29) is 5.91 Å². The number of rotatable bonds is 6. The van der Waals surface area contributed by atoms with Crippen molar-refractivity contribution in [3.05, 3.63) is 80.8 Å². The van der Waals surface area contributed by atoms with Gasteiger partial charge in [-0.1, -0.05) is 24.3 Å². The minimum absolute atomic E-state index is 0.0833. The molecule has 2 aromatic heterocycles. The van der Waals surface area contributed by atoms with Crippen LogP contribution in [0.4, 0.5) is 0 Å². The van der Waals surface area contributed by atoms with Crippen molar-refractivity contribution in [2.75, 3.05) is 0 Å². The first-order valence-corrected chi connectivity index (χ1v) is 9.42. The van der Waals surface area contributed by atoms with Crippen LogP contribution < -0.4 is 5.32 Å². The number of nitrogens with zero attached hydrogens (tertiary/aromatic N) is 2. The van der Waals surface area contributed by atoms with E-state index in [1.807, 2.05) is 35.9 Å². The van der Waals surface area contributed by atoms with Crippen LogP contribution >= 0.6 is 11.3 Å². The van der Waals surface area contributed by atoms with Crippen molar-refractivity contribution < 1.29 is 4.79 Å². The number of nitrogens with one attached hydrogen (secondary N) is 1. The van der Waals surface area contributed by atoms with Crippen LogP contribution in [0.3, 0.4) is 0 Å². The van der Waals surface area contributed by atoms with E-state index in [1.54, 1.807) is 17.4 Å². The Morgan fingerprint density at radius 1 is 1.15 bits per heavy atom. The van der Waals surface area contributed by atoms with Gasteiger partial charge in [0.05, 0.1) is 12.2 Å². The average Bonchev–Trinajstić information content (AvgIpc) is 3.16. The standard InChI is InChI=1S/C21H23N3OS/c1-15-11-16(2)24(23-15)14-19-6-4-5-18(12-19)13-22-21(25)10-9-20-8-7-17(3)26-20/h4-12H,13-14H2,1-3H3,(H,22,25). The Bertz CT molecular complexity index is 936. The zero-order valence-corrected chi connectivity index (χ0v) is 16.1. The van der Waals surface area contributed by atoms with Gasteiger partial charge in [0.2, 0.25) is 5.91 Å². The fraction of sp³-hybridized carbons (Fsp3) is 0.238. The molecular formula is C21H23N3OS. The maximum absolute atomic E-state index is 12.0. The summed E-state index contributed by atoms with van der Waals surface area (Å²) in [7, 11) is 0. The summed E-state index contributed by atoms with van der Waals surface area (Å²) in [6.07, 6.45) is 3.44. The van der Waals surface area contributed by atoms with Gasteiger partial charge < -0.3 is 5.32 Å². The van der Waals surface area contributed by atoms with Crippen LogP contribution in [0.2, 0.25) is 0 Å². The number of benzene rings is 1. The molecule has 4 nitrogen and oxygen atoms in total. The molecule has 134 valence electrons. The molecule has 0 atom stereocenters. The first-order valence-electron chi connectivity index (χ1n) is 8.61. The van der Waals surface area contributed by atoms with Crippen molar-refractivity contribution in [3.63, 3.8) is 0 Å². The Kier molecular flexibility index (Phi) is 5.68. The summed E-state index contributed by atoms with van der Waals surface area (Å²) in [6, 6.07) is 14.4. The number of aryl methyl sites for hydroxylation is 3. The molecule has 0 unspecified atom stereocenters. The highest BCUT2D eigenvalue weighted by Crippen LogP contribution is 2.16. The van der Waals surface area contributed by atoms with Crippen LogP contribution in [0.15, 0.2) is 48.5 Å². The molecule has 0 saturated heterocycles. The number of thiophene rings is 1. The first kappa shape index (κ1) is 18.1. The van der Waals surface area contributed by atoms with Crippen molar-refractivity contribution in [3.8, 4) is 0 Å². The Morgan fingerprint density at radius 3 is 2.65 bits per heavy atom. The Morgan fingerprint density at radius 2 is 1.96 bits per heavy atom. The van der Waals surface area contributed by atoms with Crippen molar-refractivity contribution in [1.82, 2.24) is 15.1 Å². The normalized spacial score (nSPS) is 11.2. The molecule has 0 aliphatic rings. The number of hydrogen-bond acceptors (Lipinski definition) is 3. The molecule has 0 saturated carbocycles. The summed E-state index contributed by atoms with van der Waals surface area (Å²) in [5.74, 6) is -0.0833. The molecule has 26 heavy (non-hydrogen) atoms. The molecular weight excluding hydrogens is 342 g/mol. The van der Waals surface area contributed by atoms with Gasteiger partial charge in [0, 0.05) is 28.1 Å². The van der Waals surface area contributed by atoms with Crippen LogP contribution in [0.5, 0.6) is 0 Å². The zero-order chi connectivity index (χ0) is 18.5. The smallest absolute Gasteiger partial charge is 0.244 e. The summed E-state index contributed by atoms with van der Waals surface area (Å²) in [4.78, 5) is 14.3.